The number of nitriles is 1. The average molecular weight is 376 g/mol. The molecule has 1 unspecified atom stereocenters. The lowest BCUT2D eigenvalue weighted by Gasteiger charge is -2.24. The van der Waals surface area contributed by atoms with Crippen molar-refractivity contribution in [2.45, 2.75) is 19.3 Å². The van der Waals surface area contributed by atoms with Gasteiger partial charge in [-0.1, -0.05) is 18.2 Å². The predicted molar refractivity (Wildman–Crippen MR) is 100.0 cm³/mol. The van der Waals surface area contributed by atoms with Crippen molar-refractivity contribution in [1.82, 2.24) is 9.66 Å². The average Bonchev–Trinajstić information content (AvgIpc) is 2.68. The molecular weight excluding hydrogens is 362 g/mol. The summed E-state index contributed by atoms with van der Waals surface area (Å²) in [6, 6.07) is 13.6. The van der Waals surface area contributed by atoms with Crippen LogP contribution >= 0.6 is 0 Å². The third kappa shape index (κ3) is 3.09. The molecule has 0 bridgehead atoms. The van der Waals surface area contributed by atoms with Crippen LogP contribution in [0.1, 0.15) is 29.8 Å². The van der Waals surface area contributed by atoms with Crippen LogP contribution in [0.15, 0.2) is 58.4 Å². The Bertz CT molecular complexity index is 1210. The van der Waals surface area contributed by atoms with Crippen LogP contribution in [0.2, 0.25) is 0 Å². The Labute approximate surface area is 159 Å². The van der Waals surface area contributed by atoms with E-state index in [1.807, 2.05) is 6.07 Å². The maximum Gasteiger partial charge on any atom is 0.274 e. The number of hydrogen-bond acceptors (Lipinski definition) is 4. The van der Waals surface area contributed by atoms with Crippen LogP contribution in [0.3, 0.4) is 0 Å². The molecule has 1 aliphatic rings. The van der Waals surface area contributed by atoms with Gasteiger partial charge in [-0.15, -0.1) is 0 Å². The molecule has 0 aliphatic carbocycles. The van der Waals surface area contributed by atoms with Crippen LogP contribution in [0.25, 0.3) is 11.3 Å². The normalized spacial score (nSPS) is 15.5. The van der Waals surface area contributed by atoms with Crippen molar-refractivity contribution in [2.24, 2.45) is 5.10 Å². The van der Waals surface area contributed by atoms with Gasteiger partial charge in [0.1, 0.15) is 17.5 Å². The molecule has 1 aliphatic heterocycles. The van der Waals surface area contributed by atoms with Crippen molar-refractivity contribution < 1.29 is 8.78 Å². The van der Waals surface area contributed by atoms with Gasteiger partial charge in [-0.3, -0.25) is 4.79 Å². The second kappa shape index (κ2) is 6.82. The monoisotopic (exact) mass is 376 g/mol. The van der Waals surface area contributed by atoms with Crippen molar-refractivity contribution >= 4 is 5.71 Å². The number of hydrogen-bond donors (Lipinski definition) is 0. The zero-order valence-electron chi connectivity index (χ0n) is 14.9. The van der Waals surface area contributed by atoms with Crippen molar-refractivity contribution in [3.05, 3.63) is 87.5 Å². The first-order valence-corrected chi connectivity index (χ1v) is 8.60. The van der Waals surface area contributed by atoms with Crippen LogP contribution < -0.4 is 5.56 Å². The van der Waals surface area contributed by atoms with E-state index < -0.39 is 17.6 Å². The van der Waals surface area contributed by atoms with E-state index in [1.165, 1.54) is 22.9 Å². The first kappa shape index (κ1) is 17.7. The van der Waals surface area contributed by atoms with E-state index in [1.54, 1.807) is 31.2 Å². The van der Waals surface area contributed by atoms with E-state index in [0.29, 0.717) is 33.9 Å². The highest BCUT2D eigenvalue weighted by atomic mass is 19.1. The lowest BCUT2D eigenvalue weighted by atomic mass is 9.90. The Morgan fingerprint density at radius 1 is 1.14 bits per heavy atom. The molecule has 0 saturated heterocycles. The highest BCUT2D eigenvalue weighted by molar-refractivity contribution is 5.89. The summed E-state index contributed by atoms with van der Waals surface area (Å²) in [5.41, 5.74) is 2.16. The lowest BCUT2D eigenvalue weighted by Crippen LogP contribution is -2.30. The summed E-state index contributed by atoms with van der Waals surface area (Å²) in [5.74, 6) is -1.35. The van der Waals surface area contributed by atoms with Gasteiger partial charge in [0.2, 0.25) is 0 Å². The molecule has 4 rings (SSSR count). The third-order valence-corrected chi connectivity index (χ3v) is 4.76. The molecule has 0 N–H and O–H groups in total. The first-order valence-electron chi connectivity index (χ1n) is 8.60. The summed E-state index contributed by atoms with van der Waals surface area (Å²) in [6.07, 6.45) is 0.261. The van der Waals surface area contributed by atoms with E-state index in [9.17, 15) is 13.6 Å². The molecule has 0 spiro atoms. The smallest absolute Gasteiger partial charge is 0.267 e. The number of rotatable bonds is 2. The molecule has 0 saturated carbocycles. The van der Waals surface area contributed by atoms with E-state index in [4.69, 9.17) is 5.26 Å². The van der Waals surface area contributed by atoms with E-state index in [-0.39, 0.29) is 12.0 Å². The number of nitrogens with zero attached hydrogens (tertiary/aromatic N) is 4. The van der Waals surface area contributed by atoms with Gasteiger partial charge >= 0.3 is 0 Å². The molecular formula is C21H14F2N4O. The van der Waals surface area contributed by atoms with Crippen LogP contribution in [-0.4, -0.2) is 15.4 Å². The summed E-state index contributed by atoms with van der Waals surface area (Å²) >= 11 is 0. The lowest BCUT2D eigenvalue weighted by molar-refractivity contribution is 0.558. The fraction of sp³-hybridized carbons (Fsp3) is 0.143. The molecule has 2 heterocycles. The molecule has 138 valence electrons. The molecule has 1 aromatic heterocycles. The Morgan fingerprint density at radius 3 is 2.57 bits per heavy atom. The van der Waals surface area contributed by atoms with Gasteiger partial charge in [0.15, 0.2) is 0 Å². The molecule has 7 heteroatoms. The van der Waals surface area contributed by atoms with Crippen LogP contribution in [-0.2, 0) is 6.42 Å². The van der Waals surface area contributed by atoms with Crippen molar-refractivity contribution in [2.75, 3.05) is 0 Å². The first-order chi connectivity index (χ1) is 13.5. The second-order valence-electron chi connectivity index (χ2n) is 6.56. The van der Waals surface area contributed by atoms with Crippen LogP contribution in [0.5, 0.6) is 0 Å². The quantitative estimate of drug-likeness (QED) is 0.686. The Hall–Kier alpha value is -3.66. The molecule has 1 atom stereocenters. The standard InChI is InChI=1S/C21H14F2N4O/c1-12-17(16-7-6-15(22)8-18(16)23)9-20-25-19(10-21(28)27(20)26-12)14-4-2-13(11-24)3-5-14/h2-8,10,17H,9H2,1H3. The highest BCUT2D eigenvalue weighted by Gasteiger charge is 2.27. The van der Waals surface area contributed by atoms with Gasteiger partial charge in [0.05, 0.1) is 17.3 Å². The van der Waals surface area contributed by atoms with E-state index in [2.05, 4.69) is 10.1 Å². The second-order valence-corrected chi connectivity index (χ2v) is 6.56. The summed E-state index contributed by atoms with van der Waals surface area (Å²) in [6.45, 7) is 1.71. The van der Waals surface area contributed by atoms with Crippen LogP contribution in [0.4, 0.5) is 8.78 Å². The van der Waals surface area contributed by atoms with Gasteiger partial charge in [-0.05, 0) is 30.7 Å². The molecule has 28 heavy (non-hydrogen) atoms. The molecule has 3 aromatic rings. The van der Waals surface area contributed by atoms with Gasteiger partial charge < -0.3 is 0 Å². The maximum atomic E-state index is 14.3. The highest BCUT2D eigenvalue weighted by Crippen LogP contribution is 2.28. The van der Waals surface area contributed by atoms with Gasteiger partial charge in [0, 0.05) is 35.7 Å². The maximum absolute atomic E-state index is 14.3. The predicted octanol–water partition coefficient (Wildman–Crippen LogP) is 3.62. The van der Waals surface area contributed by atoms with Gasteiger partial charge in [-0.2, -0.15) is 15.0 Å². The van der Waals surface area contributed by atoms with Gasteiger partial charge in [0.25, 0.3) is 5.56 Å². The molecule has 0 amide bonds. The van der Waals surface area contributed by atoms with Crippen molar-refractivity contribution in [3.63, 3.8) is 0 Å². The minimum atomic E-state index is -0.654. The summed E-state index contributed by atoms with van der Waals surface area (Å²) in [5, 5.41) is 13.2. The van der Waals surface area contributed by atoms with Crippen molar-refractivity contribution in [1.29, 1.82) is 5.26 Å². The number of aromatic nitrogens is 2. The fourth-order valence-electron chi connectivity index (χ4n) is 3.30. The van der Waals surface area contributed by atoms with Crippen molar-refractivity contribution in [3.8, 4) is 17.3 Å². The number of benzene rings is 2. The van der Waals surface area contributed by atoms with Crippen LogP contribution in [0, 0.1) is 23.0 Å². The van der Waals surface area contributed by atoms with Gasteiger partial charge in [-0.25, -0.2) is 13.8 Å². The minimum Gasteiger partial charge on any atom is -0.267 e. The zero-order chi connectivity index (χ0) is 19.8. The number of halogens is 2. The van der Waals surface area contributed by atoms with E-state index >= 15 is 0 Å². The Morgan fingerprint density at radius 2 is 1.89 bits per heavy atom. The number of fused-ring (bicyclic) bond motifs is 1. The van der Waals surface area contributed by atoms with E-state index in [0.717, 1.165) is 6.07 Å². The Balaban J connectivity index is 1.78. The third-order valence-electron chi connectivity index (χ3n) is 4.76. The minimum absolute atomic E-state index is 0.261. The molecule has 2 aromatic carbocycles. The topological polar surface area (TPSA) is 71.0 Å². The summed E-state index contributed by atoms with van der Waals surface area (Å²) in [7, 11) is 0. The molecule has 0 radical (unpaired) electrons. The molecule has 5 nitrogen and oxygen atoms in total. The SMILES string of the molecule is CC1=Nn2c(nc(-c3ccc(C#N)cc3)cc2=O)CC1c1ccc(F)cc1F. The summed E-state index contributed by atoms with van der Waals surface area (Å²) in [4.78, 5) is 17.1. The largest absolute Gasteiger partial charge is 0.274 e. The fourth-order valence-corrected chi connectivity index (χ4v) is 3.30. The zero-order valence-corrected chi connectivity index (χ0v) is 14.9. The Kier molecular flexibility index (Phi) is 4.32. The summed E-state index contributed by atoms with van der Waals surface area (Å²) < 4.78 is 28.7. The molecule has 0 fully saturated rings.